The van der Waals surface area contributed by atoms with Crippen molar-refractivity contribution in [2.24, 2.45) is 17.8 Å². The number of rotatable bonds is 9. The van der Waals surface area contributed by atoms with Crippen molar-refractivity contribution in [2.75, 3.05) is 18.1 Å². The summed E-state index contributed by atoms with van der Waals surface area (Å²) in [5, 5.41) is 21.2. The Bertz CT molecular complexity index is 1300. The molecule has 2 aromatic carbocycles. The van der Waals surface area contributed by atoms with Crippen LogP contribution in [0.15, 0.2) is 67.3 Å². The van der Waals surface area contributed by atoms with Gasteiger partial charge >= 0.3 is 5.97 Å². The summed E-state index contributed by atoms with van der Waals surface area (Å²) in [6, 6.07) is 14.3. The van der Waals surface area contributed by atoms with Gasteiger partial charge in [0.05, 0.1) is 34.9 Å². The Morgan fingerprint density at radius 3 is 2.51 bits per heavy atom. The lowest BCUT2D eigenvalue weighted by molar-refractivity contribution is -0.157. The summed E-state index contributed by atoms with van der Waals surface area (Å²) in [4.78, 5) is 44.4. The first-order chi connectivity index (χ1) is 18.6. The smallest absolute Gasteiger partial charge is 0.310 e. The number of para-hydroxylation sites is 1. The number of likely N-dealkylation sites (tertiary alicyclic amines) is 1. The van der Waals surface area contributed by atoms with Crippen molar-refractivity contribution in [2.45, 2.75) is 50.0 Å². The molecule has 3 aliphatic heterocycles. The number of aliphatic hydroxyl groups excluding tert-OH is 1. The molecule has 2 amide bonds. The number of carboxylic acids is 1. The third-order valence-electron chi connectivity index (χ3n) is 8.89. The predicted octanol–water partition coefficient (Wildman–Crippen LogP) is 3.56. The molecule has 3 unspecified atom stereocenters. The summed E-state index contributed by atoms with van der Waals surface area (Å²) in [5.74, 6) is -4.47. The number of carbonyl (C=O) groups is 3. The number of fused-ring (bicyclic) bond motifs is 1. The van der Waals surface area contributed by atoms with E-state index in [1.165, 1.54) is 9.80 Å². The Morgan fingerprint density at radius 2 is 1.90 bits per heavy atom. The summed E-state index contributed by atoms with van der Waals surface area (Å²) in [7, 11) is 0. The van der Waals surface area contributed by atoms with Gasteiger partial charge in [-0.05, 0) is 43.4 Å². The minimum Gasteiger partial charge on any atom is -0.481 e. The van der Waals surface area contributed by atoms with E-state index >= 15 is 0 Å². The fraction of sp³-hybridized carbons (Fsp3) is 0.433. The molecule has 9 heteroatoms. The number of halogens is 1. The molecule has 0 saturated carbocycles. The van der Waals surface area contributed by atoms with Gasteiger partial charge in [0.25, 0.3) is 5.91 Å². The molecule has 7 atom stereocenters. The standard InChI is InChI=1S/C30H33ClN2O6/c1-4-14-32(22-13-9-8-12-21(22)31)27(36)25-30-16-18(2)29(3,39-30)24(28(37)38)23(30)26(35)33(25)20(17-34)15-19-10-6-5-7-11-19/h4-13,18,20,23-25,34H,1,14-17H2,2-3H3,(H,37,38)/t18?,20-,23+,24-,25?,29+,30?/m1/s1. The molecule has 3 heterocycles. The Hall–Kier alpha value is -3.20. The first kappa shape index (κ1) is 27.4. The highest BCUT2D eigenvalue weighted by Crippen LogP contribution is 2.65. The Morgan fingerprint density at radius 1 is 1.23 bits per heavy atom. The quantitative estimate of drug-likeness (QED) is 0.461. The number of hydrogen-bond donors (Lipinski definition) is 2. The number of benzene rings is 2. The monoisotopic (exact) mass is 552 g/mol. The maximum absolute atomic E-state index is 14.6. The van der Waals surface area contributed by atoms with E-state index in [0.717, 1.165) is 5.56 Å². The van der Waals surface area contributed by atoms with E-state index < -0.39 is 59.5 Å². The summed E-state index contributed by atoms with van der Waals surface area (Å²) >= 11 is 6.51. The first-order valence-corrected chi connectivity index (χ1v) is 13.5. The lowest BCUT2D eigenvalue weighted by atomic mass is 9.62. The van der Waals surface area contributed by atoms with E-state index in [-0.39, 0.29) is 18.9 Å². The van der Waals surface area contributed by atoms with Gasteiger partial charge < -0.3 is 24.7 Å². The van der Waals surface area contributed by atoms with E-state index in [4.69, 9.17) is 16.3 Å². The van der Waals surface area contributed by atoms with Crippen molar-refractivity contribution >= 4 is 35.1 Å². The van der Waals surface area contributed by atoms with Crippen LogP contribution in [0.4, 0.5) is 5.69 Å². The third kappa shape index (κ3) is 4.08. The highest BCUT2D eigenvalue weighted by atomic mass is 35.5. The lowest BCUT2D eigenvalue weighted by Gasteiger charge is -2.39. The van der Waals surface area contributed by atoms with Gasteiger partial charge in [0, 0.05) is 6.54 Å². The van der Waals surface area contributed by atoms with E-state index in [9.17, 15) is 24.6 Å². The van der Waals surface area contributed by atoms with Crippen LogP contribution >= 0.6 is 11.6 Å². The minimum atomic E-state index is -1.36. The number of anilines is 1. The maximum Gasteiger partial charge on any atom is 0.310 e. The number of carbonyl (C=O) groups excluding carboxylic acids is 2. The average molecular weight is 553 g/mol. The molecule has 206 valence electrons. The van der Waals surface area contributed by atoms with E-state index in [0.29, 0.717) is 17.1 Å². The summed E-state index contributed by atoms with van der Waals surface area (Å²) < 4.78 is 6.60. The van der Waals surface area contributed by atoms with Crippen molar-refractivity contribution in [3.05, 3.63) is 77.8 Å². The van der Waals surface area contributed by atoms with Crippen LogP contribution in [-0.2, 0) is 25.5 Å². The topological polar surface area (TPSA) is 107 Å². The summed E-state index contributed by atoms with van der Waals surface area (Å²) in [5.41, 5.74) is -1.16. The highest BCUT2D eigenvalue weighted by Gasteiger charge is 2.80. The molecule has 0 aliphatic carbocycles. The second-order valence-corrected chi connectivity index (χ2v) is 11.4. The maximum atomic E-state index is 14.6. The van der Waals surface area contributed by atoms with Crippen LogP contribution in [0.2, 0.25) is 5.02 Å². The number of carboxylic acid groups (broad SMARTS) is 1. The number of amides is 2. The second kappa shape index (κ2) is 10.1. The fourth-order valence-corrected chi connectivity index (χ4v) is 7.35. The highest BCUT2D eigenvalue weighted by molar-refractivity contribution is 6.34. The van der Waals surface area contributed by atoms with E-state index in [1.807, 2.05) is 37.3 Å². The molecule has 3 fully saturated rings. The molecule has 2 aromatic rings. The molecular weight excluding hydrogens is 520 g/mol. The summed E-state index contributed by atoms with van der Waals surface area (Å²) in [6.45, 7) is 7.14. The number of aliphatic carboxylic acids is 1. The van der Waals surface area contributed by atoms with Crippen LogP contribution in [0, 0.1) is 17.8 Å². The molecule has 0 aromatic heterocycles. The van der Waals surface area contributed by atoms with Crippen LogP contribution in [0.25, 0.3) is 0 Å². The molecule has 2 N–H and O–H groups in total. The van der Waals surface area contributed by atoms with Crippen molar-refractivity contribution in [1.82, 2.24) is 4.90 Å². The fourth-order valence-electron chi connectivity index (χ4n) is 7.12. The van der Waals surface area contributed by atoms with Gasteiger partial charge in [-0.2, -0.15) is 0 Å². The molecule has 39 heavy (non-hydrogen) atoms. The third-order valence-corrected chi connectivity index (χ3v) is 9.21. The van der Waals surface area contributed by atoms with Gasteiger partial charge in [0.15, 0.2) is 0 Å². The van der Waals surface area contributed by atoms with Gasteiger partial charge in [-0.3, -0.25) is 14.4 Å². The van der Waals surface area contributed by atoms with Gasteiger partial charge in [-0.15, -0.1) is 6.58 Å². The van der Waals surface area contributed by atoms with Crippen molar-refractivity contribution in [3.8, 4) is 0 Å². The zero-order valence-electron chi connectivity index (χ0n) is 22.0. The van der Waals surface area contributed by atoms with Gasteiger partial charge in [-0.25, -0.2) is 0 Å². The number of aliphatic hydroxyl groups is 1. The van der Waals surface area contributed by atoms with Crippen molar-refractivity contribution in [3.63, 3.8) is 0 Å². The van der Waals surface area contributed by atoms with Crippen molar-refractivity contribution in [1.29, 1.82) is 0 Å². The van der Waals surface area contributed by atoms with Crippen LogP contribution in [0.3, 0.4) is 0 Å². The number of hydrogen-bond acceptors (Lipinski definition) is 5. The summed E-state index contributed by atoms with van der Waals surface area (Å²) in [6.07, 6.45) is 2.19. The van der Waals surface area contributed by atoms with Crippen LogP contribution in [-0.4, -0.2) is 69.3 Å². The van der Waals surface area contributed by atoms with Crippen LogP contribution in [0.1, 0.15) is 25.8 Å². The SMILES string of the molecule is C=CCN(C(=O)C1N([C@@H](CO)Cc2ccccc2)C(=O)[C@@H]2[C@H](C(=O)O)[C@@]3(C)OC12CC3C)c1ccccc1Cl. The Balaban J connectivity index is 1.66. The molecule has 0 radical (unpaired) electrons. The molecule has 1 spiro atoms. The van der Waals surface area contributed by atoms with Crippen LogP contribution < -0.4 is 4.90 Å². The minimum absolute atomic E-state index is 0.111. The Kier molecular flexibility index (Phi) is 7.07. The largest absolute Gasteiger partial charge is 0.481 e. The number of nitrogens with zero attached hydrogens (tertiary/aromatic N) is 2. The number of ether oxygens (including phenoxy) is 1. The van der Waals surface area contributed by atoms with Gasteiger partial charge in [-0.1, -0.05) is 67.1 Å². The molecule has 3 saturated heterocycles. The molecular formula is C30H33ClN2O6. The predicted molar refractivity (Wildman–Crippen MR) is 146 cm³/mol. The normalized spacial score (nSPS) is 31.7. The first-order valence-electron chi connectivity index (χ1n) is 13.2. The second-order valence-electron chi connectivity index (χ2n) is 11.0. The molecule has 2 bridgehead atoms. The van der Waals surface area contributed by atoms with E-state index in [1.54, 1.807) is 37.3 Å². The lowest BCUT2D eigenvalue weighted by Crippen LogP contribution is -2.59. The zero-order valence-corrected chi connectivity index (χ0v) is 22.8. The molecule has 8 nitrogen and oxygen atoms in total. The Labute approximate surface area is 232 Å². The average Bonchev–Trinajstić information content (AvgIpc) is 3.43. The van der Waals surface area contributed by atoms with Gasteiger partial charge in [0.1, 0.15) is 17.6 Å². The van der Waals surface area contributed by atoms with Crippen LogP contribution in [0.5, 0.6) is 0 Å². The molecule has 5 rings (SSSR count). The zero-order chi connectivity index (χ0) is 28.1. The van der Waals surface area contributed by atoms with Gasteiger partial charge in [0.2, 0.25) is 5.91 Å². The molecule has 3 aliphatic rings. The van der Waals surface area contributed by atoms with Crippen molar-refractivity contribution < 1.29 is 29.3 Å². The van der Waals surface area contributed by atoms with E-state index in [2.05, 4.69) is 6.58 Å².